The third-order valence-corrected chi connectivity index (χ3v) is 4.68. The number of nitrogens with one attached hydrogen (secondary N) is 2. The monoisotopic (exact) mass is 427 g/mol. The molecule has 0 aliphatic carbocycles. The van der Waals surface area contributed by atoms with Crippen molar-refractivity contribution in [2.45, 2.75) is 38.5 Å². The van der Waals surface area contributed by atoms with Crippen LogP contribution in [-0.2, 0) is 32.1 Å². The van der Waals surface area contributed by atoms with Crippen LogP contribution in [0.1, 0.15) is 24.5 Å². The lowest BCUT2D eigenvalue weighted by Crippen LogP contribution is -2.51. The summed E-state index contributed by atoms with van der Waals surface area (Å²) in [4.78, 5) is 36.5. The average molecular weight is 428 g/mol. The van der Waals surface area contributed by atoms with Crippen molar-refractivity contribution in [2.24, 2.45) is 5.73 Å². The number of ketones is 1. The number of carbonyl (C=O) groups is 3. The molecular formula is C23H29N3O5. The van der Waals surface area contributed by atoms with Crippen LogP contribution in [0.15, 0.2) is 54.6 Å². The zero-order valence-electron chi connectivity index (χ0n) is 17.5. The summed E-state index contributed by atoms with van der Waals surface area (Å²) in [5.74, 6) is -0.900. The average Bonchev–Trinajstić information content (AvgIpc) is 2.79. The molecule has 8 nitrogen and oxygen atoms in total. The van der Waals surface area contributed by atoms with Crippen LogP contribution < -0.4 is 16.4 Å². The van der Waals surface area contributed by atoms with Crippen LogP contribution in [0.25, 0.3) is 0 Å². The van der Waals surface area contributed by atoms with Crippen LogP contribution in [0, 0.1) is 0 Å². The Kier molecular flexibility index (Phi) is 9.67. The van der Waals surface area contributed by atoms with Crippen molar-refractivity contribution in [1.29, 1.82) is 0 Å². The van der Waals surface area contributed by atoms with Gasteiger partial charge in [-0.1, -0.05) is 49.4 Å². The van der Waals surface area contributed by atoms with Crippen LogP contribution in [0.2, 0.25) is 0 Å². The molecule has 0 saturated heterocycles. The van der Waals surface area contributed by atoms with Crippen LogP contribution in [0.3, 0.4) is 0 Å². The fraction of sp³-hybridized carbons (Fsp3) is 0.348. The van der Waals surface area contributed by atoms with Crippen LogP contribution in [0.4, 0.5) is 0 Å². The number of amides is 1. The molecule has 0 spiro atoms. The summed E-state index contributed by atoms with van der Waals surface area (Å²) in [6.45, 7) is 1.72. The third-order valence-electron chi connectivity index (χ3n) is 4.68. The van der Waals surface area contributed by atoms with Gasteiger partial charge in [-0.3, -0.25) is 19.7 Å². The van der Waals surface area contributed by atoms with Crippen molar-refractivity contribution < 1.29 is 24.2 Å². The fourth-order valence-corrected chi connectivity index (χ4v) is 2.85. The molecule has 0 fully saturated rings. The highest BCUT2D eigenvalue weighted by Gasteiger charge is 2.21. The molecule has 0 saturated carbocycles. The first-order valence-electron chi connectivity index (χ1n) is 10.2. The highest BCUT2D eigenvalue weighted by atomic mass is 16.5. The number of phenols is 1. The van der Waals surface area contributed by atoms with Crippen LogP contribution >= 0.6 is 0 Å². The van der Waals surface area contributed by atoms with Gasteiger partial charge in [-0.15, -0.1) is 0 Å². The Morgan fingerprint density at radius 1 is 1.03 bits per heavy atom. The molecule has 8 heteroatoms. The Morgan fingerprint density at radius 2 is 1.71 bits per heavy atom. The van der Waals surface area contributed by atoms with Gasteiger partial charge in [0.2, 0.25) is 5.91 Å². The van der Waals surface area contributed by atoms with Gasteiger partial charge in [-0.25, -0.2) is 0 Å². The molecule has 0 aromatic heterocycles. The van der Waals surface area contributed by atoms with Crippen molar-refractivity contribution in [2.75, 3.05) is 13.1 Å². The van der Waals surface area contributed by atoms with E-state index in [1.807, 2.05) is 30.3 Å². The Hall–Kier alpha value is -3.23. The predicted molar refractivity (Wildman–Crippen MR) is 116 cm³/mol. The van der Waals surface area contributed by atoms with Gasteiger partial charge in [0.05, 0.1) is 18.6 Å². The van der Waals surface area contributed by atoms with Gasteiger partial charge in [0.1, 0.15) is 12.4 Å². The molecule has 2 aromatic rings. The summed E-state index contributed by atoms with van der Waals surface area (Å²) >= 11 is 0. The molecule has 1 unspecified atom stereocenters. The van der Waals surface area contributed by atoms with Gasteiger partial charge >= 0.3 is 5.97 Å². The van der Waals surface area contributed by atoms with Crippen molar-refractivity contribution in [3.05, 3.63) is 65.7 Å². The minimum Gasteiger partial charge on any atom is -0.508 e. The van der Waals surface area contributed by atoms with E-state index in [-0.39, 0.29) is 44.1 Å². The topological polar surface area (TPSA) is 131 Å². The molecule has 1 amide bonds. The molecule has 0 aliphatic rings. The van der Waals surface area contributed by atoms with Gasteiger partial charge in [-0.2, -0.15) is 0 Å². The zero-order valence-corrected chi connectivity index (χ0v) is 17.5. The standard InChI is InChI=1S/C23H29N3O5/c1-2-21(28)20(25-14-22(29)31-15-17-6-4-3-5-7-17)13-26-23(30)19(24)12-16-8-10-18(27)11-9-16/h3-11,19-20,25,27H,2,12-15,24H2,1H3,(H,26,30)/t19?,20-/m0/s1. The van der Waals surface area contributed by atoms with Gasteiger partial charge < -0.3 is 20.9 Å². The van der Waals surface area contributed by atoms with Gasteiger partial charge in [-0.05, 0) is 29.7 Å². The van der Waals surface area contributed by atoms with E-state index in [1.165, 1.54) is 12.1 Å². The normalized spacial score (nSPS) is 12.6. The predicted octanol–water partition coefficient (Wildman–Crippen LogP) is 1.06. The quantitative estimate of drug-likeness (QED) is 0.373. The van der Waals surface area contributed by atoms with Crippen molar-refractivity contribution >= 4 is 17.7 Å². The molecule has 0 aliphatic heterocycles. The number of esters is 1. The minimum atomic E-state index is -0.808. The SMILES string of the molecule is CCC(=O)[C@H](CNC(=O)C(N)Cc1ccc(O)cc1)NCC(=O)OCc1ccccc1. The second kappa shape index (κ2) is 12.5. The Balaban J connectivity index is 1.79. The Morgan fingerprint density at radius 3 is 2.35 bits per heavy atom. The first kappa shape index (κ1) is 24.0. The van der Waals surface area contributed by atoms with E-state index in [9.17, 15) is 19.5 Å². The minimum absolute atomic E-state index is 0.0146. The zero-order chi connectivity index (χ0) is 22.6. The molecule has 2 atom stereocenters. The molecule has 31 heavy (non-hydrogen) atoms. The number of aromatic hydroxyl groups is 1. The summed E-state index contributed by atoms with van der Waals surface area (Å²) in [5.41, 5.74) is 7.62. The third kappa shape index (κ3) is 8.57. The second-order valence-electron chi connectivity index (χ2n) is 7.12. The van der Waals surface area contributed by atoms with Crippen molar-refractivity contribution in [1.82, 2.24) is 10.6 Å². The first-order chi connectivity index (χ1) is 14.9. The lowest BCUT2D eigenvalue weighted by atomic mass is 10.1. The molecule has 2 aromatic carbocycles. The summed E-state index contributed by atoms with van der Waals surface area (Å²) in [5, 5.41) is 14.8. The molecule has 0 bridgehead atoms. The number of hydrogen-bond donors (Lipinski definition) is 4. The molecule has 166 valence electrons. The van der Waals surface area contributed by atoms with Crippen LogP contribution in [0.5, 0.6) is 5.75 Å². The summed E-state index contributed by atoms with van der Waals surface area (Å²) in [6, 6.07) is 14.2. The number of nitrogens with two attached hydrogens (primary N) is 1. The fourth-order valence-electron chi connectivity index (χ4n) is 2.85. The Bertz CT molecular complexity index is 855. The van der Waals surface area contributed by atoms with E-state index in [4.69, 9.17) is 10.5 Å². The maximum atomic E-state index is 12.3. The van der Waals surface area contributed by atoms with E-state index in [0.717, 1.165) is 11.1 Å². The molecule has 2 rings (SSSR count). The van der Waals surface area contributed by atoms with Crippen LogP contribution in [-0.4, -0.2) is 47.9 Å². The number of hydrogen-bond acceptors (Lipinski definition) is 7. The van der Waals surface area contributed by atoms with Gasteiger partial charge in [0.15, 0.2) is 5.78 Å². The van der Waals surface area contributed by atoms with E-state index in [2.05, 4.69) is 10.6 Å². The molecular weight excluding hydrogens is 398 g/mol. The lowest BCUT2D eigenvalue weighted by molar-refractivity contribution is -0.144. The smallest absolute Gasteiger partial charge is 0.320 e. The number of carbonyl (C=O) groups excluding carboxylic acids is 3. The number of benzene rings is 2. The first-order valence-corrected chi connectivity index (χ1v) is 10.2. The molecule has 0 radical (unpaired) electrons. The highest BCUT2D eigenvalue weighted by Crippen LogP contribution is 2.11. The second-order valence-corrected chi connectivity index (χ2v) is 7.12. The summed E-state index contributed by atoms with van der Waals surface area (Å²) in [6.07, 6.45) is 0.546. The van der Waals surface area contributed by atoms with E-state index in [0.29, 0.717) is 0 Å². The van der Waals surface area contributed by atoms with Crippen molar-refractivity contribution in [3.63, 3.8) is 0 Å². The van der Waals surface area contributed by atoms with Gasteiger partial charge in [0, 0.05) is 13.0 Å². The summed E-state index contributed by atoms with van der Waals surface area (Å²) < 4.78 is 5.19. The molecule has 5 N–H and O–H groups in total. The van der Waals surface area contributed by atoms with Gasteiger partial charge in [0.25, 0.3) is 0 Å². The maximum absolute atomic E-state index is 12.3. The largest absolute Gasteiger partial charge is 0.508 e. The van der Waals surface area contributed by atoms with Crippen molar-refractivity contribution in [3.8, 4) is 5.75 Å². The Labute approximate surface area is 181 Å². The number of phenolic OH excluding ortho intramolecular Hbond substituents is 1. The van der Waals surface area contributed by atoms with E-state index >= 15 is 0 Å². The number of rotatable bonds is 12. The lowest BCUT2D eigenvalue weighted by Gasteiger charge is -2.19. The van der Waals surface area contributed by atoms with E-state index in [1.54, 1.807) is 19.1 Å². The summed E-state index contributed by atoms with van der Waals surface area (Å²) in [7, 11) is 0. The highest BCUT2D eigenvalue weighted by molar-refractivity contribution is 5.86. The number of ether oxygens (including phenoxy) is 1. The maximum Gasteiger partial charge on any atom is 0.320 e. The van der Waals surface area contributed by atoms with E-state index < -0.39 is 24.0 Å². The number of Topliss-reactive ketones (excluding diaryl/α,β-unsaturated/α-hetero) is 1. The molecule has 0 heterocycles.